The summed E-state index contributed by atoms with van der Waals surface area (Å²) in [5, 5.41) is 0. The molecule has 1 rings (SSSR count). The van der Waals surface area contributed by atoms with Crippen LogP contribution in [0.4, 0.5) is 0 Å². The van der Waals surface area contributed by atoms with E-state index in [2.05, 4.69) is 0 Å². The fourth-order valence-corrected chi connectivity index (χ4v) is 1.50. The van der Waals surface area contributed by atoms with Crippen LogP contribution in [0.2, 0.25) is 0 Å². The number of rotatable bonds is 8. The lowest BCUT2D eigenvalue weighted by Gasteiger charge is -2.21. The summed E-state index contributed by atoms with van der Waals surface area (Å²) in [6.45, 7) is 2.28. The van der Waals surface area contributed by atoms with Gasteiger partial charge in [0, 0.05) is 27.3 Å². The third kappa shape index (κ3) is 4.14. The van der Waals surface area contributed by atoms with Gasteiger partial charge in [-0.1, -0.05) is 0 Å². The summed E-state index contributed by atoms with van der Waals surface area (Å²) in [7, 11) is 3.20. The minimum absolute atomic E-state index is 0.104. The van der Waals surface area contributed by atoms with Crippen molar-refractivity contribution in [2.45, 2.75) is 6.54 Å². The molecule has 2 N–H and O–H groups in total. The Labute approximate surface area is 107 Å². The van der Waals surface area contributed by atoms with Gasteiger partial charge < -0.3 is 24.5 Å². The fraction of sp³-hybridized carbons (Fsp3) is 0.583. The normalized spacial score (nSPS) is 10.6. The lowest BCUT2D eigenvalue weighted by molar-refractivity contribution is 0.0626. The van der Waals surface area contributed by atoms with Gasteiger partial charge >= 0.3 is 0 Å². The Balaban J connectivity index is 2.67. The van der Waals surface area contributed by atoms with E-state index in [9.17, 15) is 4.79 Å². The molecule has 0 saturated carbocycles. The molecule has 1 amide bonds. The van der Waals surface area contributed by atoms with E-state index in [4.69, 9.17) is 19.6 Å². The lowest BCUT2D eigenvalue weighted by atomic mass is 10.2. The summed E-state index contributed by atoms with van der Waals surface area (Å²) >= 11 is 0. The third-order valence-electron chi connectivity index (χ3n) is 2.52. The molecule has 18 heavy (non-hydrogen) atoms. The van der Waals surface area contributed by atoms with E-state index in [1.807, 2.05) is 0 Å². The van der Waals surface area contributed by atoms with Gasteiger partial charge in [-0.3, -0.25) is 4.79 Å². The maximum atomic E-state index is 12.2. The predicted octanol–water partition coefficient (Wildman–Crippen LogP) is 0.473. The molecule has 1 aromatic rings. The Kier molecular flexibility index (Phi) is 6.42. The number of hydrogen-bond donors (Lipinski definition) is 1. The molecular formula is C12H20N2O4. The molecule has 6 nitrogen and oxygen atoms in total. The SMILES string of the molecule is COCCN(CCOC)C(=O)c1coc(CN)c1. The van der Waals surface area contributed by atoms with Crippen LogP contribution in [0.15, 0.2) is 16.7 Å². The molecule has 0 aliphatic heterocycles. The number of ether oxygens (including phenoxy) is 2. The highest BCUT2D eigenvalue weighted by Gasteiger charge is 2.17. The largest absolute Gasteiger partial charge is 0.467 e. The minimum atomic E-state index is -0.104. The van der Waals surface area contributed by atoms with E-state index < -0.39 is 0 Å². The molecule has 0 spiro atoms. The number of hydrogen-bond acceptors (Lipinski definition) is 5. The van der Waals surface area contributed by atoms with E-state index in [1.54, 1.807) is 25.2 Å². The van der Waals surface area contributed by atoms with Gasteiger partial charge in [-0.2, -0.15) is 0 Å². The van der Waals surface area contributed by atoms with E-state index in [0.29, 0.717) is 37.6 Å². The van der Waals surface area contributed by atoms with E-state index in [-0.39, 0.29) is 12.5 Å². The fourth-order valence-electron chi connectivity index (χ4n) is 1.50. The molecule has 0 unspecified atom stereocenters. The average Bonchev–Trinajstić information content (AvgIpc) is 2.87. The Hall–Kier alpha value is -1.37. The number of carbonyl (C=O) groups is 1. The molecule has 1 heterocycles. The van der Waals surface area contributed by atoms with E-state index in [1.165, 1.54) is 6.26 Å². The maximum absolute atomic E-state index is 12.2. The highest BCUT2D eigenvalue weighted by atomic mass is 16.5. The lowest BCUT2D eigenvalue weighted by Crippen LogP contribution is -2.36. The van der Waals surface area contributed by atoms with Gasteiger partial charge in [0.2, 0.25) is 0 Å². The number of nitrogens with zero attached hydrogens (tertiary/aromatic N) is 1. The van der Waals surface area contributed by atoms with Crippen LogP contribution in [-0.4, -0.2) is 51.3 Å². The van der Waals surface area contributed by atoms with Crippen molar-refractivity contribution in [2.24, 2.45) is 5.73 Å². The van der Waals surface area contributed by atoms with E-state index in [0.717, 1.165) is 0 Å². The zero-order chi connectivity index (χ0) is 13.4. The van der Waals surface area contributed by atoms with Gasteiger partial charge in [0.25, 0.3) is 5.91 Å². The van der Waals surface area contributed by atoms with Gasteiger partial charge in [-0.25, -0.2) is 0 Å². The van der Waals surface area contributed by atoms with Gasteiger partial charge in [-0.05, 0) is 6.07 Å². The van der Waals surface area contributed by atoms with Gasteiger partial charge in [-0.15, -0.1) is 0 Å². The van der Waals surface area contributed by atoms with Crippen molar-refractivity contribution in [1.82, 2.24) is 4.90 Å². The summed E-state index contributed by atoms with van der Waals surface area (Å²) in [5.74, 6) is 0.490. The molecule has 0 radical (unpaired) electrons. The number of nitrogens with two attached hydrogens (primary N) is 1. The van der Waals surface area contributed by atoms with Crippen LogP contribution in [0.5, 0.6) is 0 Å². The molecule has 6 heteroatoms. The second-order valence-corrected chi connectivity index (χ2v) is 3.78. The average molecular weight is 256 g/mol. The maximum Gasteiger partial charge on any atom is 0.257 e. The summed E-state index contributed by atoms with van der Waals surface area (Å²) in [4.78, 5) is 13.9. The Morgan fingerprint density at radius 2 is 1.94 bits per heavy atom. The van der Waals surface area contributed by atoms with Crippen molar-refractivity contribution >= 4 is 5.91 Å². The van der Waals surface area contributed by atoms with Crippen molar-refractivity contribution in [2.75, 3.05) is 40.5 Å². The zero-order valence-corrected chi connectivity index (χ0v) is 10.8. The van der Waals surface area contributed by atoms with Crippen LogP contribution >= 0.6 is 0 Å². The number of furan rings is 1. The zero-order valence-electron chi connectivity index (χ0n) is 10.8. The number of methoxy groups -OCH3 is 2. The molecule has 1 aromatic heterocycles. The first-order valence-electron chi connectivity index (χ1n) is 5.77. The predicted molar refractivity (Wildman–Crippen MR) is 66.3 cm³/mol. The van der Waals surface area contributed by atoms with Gasteiger partial charge in [0.15, 0.2) is 0 Å². The first-order chi connectivity index (χ1) is 8.72. The highest BCUT2D eigenvalue weighted by molar-refractivity contribution is 5.94. The van der Waals surface area contributed by atoms with Crippen molar-refractivity contribution in [1.29, 1.82) is 0 Å². The molecular weight excluding hydrogens is 236 g/mol. The highest BCUT2D eigenvalue weighted by Crippen LogP contribution is 2.10. The summed E-state index contributed by atoms with van der Waals surface area (Å²) in [6, 6.07) is 1.66. The molecule has 0 aromatic carbocycles. The van der Waals surface area contributed by atoms with Crippen LogP contribution in [0.25, 0.3) is 0 Å². The molecule has 0 aliphatic rings. The smallest absolute Gasteiger partial charge is 0.257 e. The van der Waals surface area contributed by atoms with Crippen molar-refractivity contribution in [3.8, 4) is 0 Å². The molecule has 0 saturated heterocycles. The number of carbonyl (C=O) groups excluding carboxylic acids is 1. The molecule has 102 valence electrons. The second-order valence-electron chi connectivity index (χ2n) is 3.78. The standard InChI is InChI=1S/C12H20N2O4/c1-16-5-3-14(4-6-17-2)12(15)10-7-11(8-13)18-9-10/h7,9H,3-6,8,13H2,1-2H3. The molecule has 0 atom stereocenters. The Morgan fingerprint density at radius 3 is 2.39 bits per heavy atom. The van der Waals surface area contributed by atoms with Crippen molar-refractivity contribution in [3.63, 3.8) is 0 Å². The van der Waals surface area contributed by atoms with Crippen molar-refractivity contribution < 1.29 is 18.7 Å². The number of amides is 1. The molecule has 0 aliphatic carbocycles. The first-order valence-corrected chi connectivity index (χ1v) is 5.77. The minimum Gasteiger partial charge on any atom is -0.467 e. The monoisotopic (exact) mass is 256 g/mol. The Morgan fingerprint density at radius 1 is 1.33 bits per heavy atom. The first kappa shape index (κ1) is 14.7. The molecule has 0 bridgehead atoms. The summed E-state index contributed by atoms with van der Waals surface area (Å²) in [6.07, 6.45) is 1.43. The summed E-state index contributed by atoms with van der Waals surface area (Å²) < 4.78 is 15.1. The third-order valence-corrected chi connectivity index (χ3v) is 2.52. The van der Waals surface area contributed by atoms with Crippen molar-refractivity contribution in [3.05, 3.63) is 23.7 Å². The summed E-state index contributed by atoms with van der Waals surface area (Å²) in [5.41, 5.74) is 5.94. The van der Waals surface area contributed by atoms with Crippen LogP contribution in [0.3, 0.4) is 0 Å². The second kappa shape index (κ2) is 7.86. The van der Waals surface area contributed by atoms with E-state index >= 15 is 0 Å². The van der Waals surface area contributed by atoms with Crippen LogP contribution in [0, 0.1) is 0 Å². The molecule has 0 fully saturated rings. The van der Waals surface area contributed by atoms with Crippen LogP contribution < -0.4 is 5.73 Å². The van der Waals surface area contributed by atoms with Crippen LogP contribution in [0.1, 0.15) is 16.1 Å². The van der Waals surface area contributed by atoms with Gasteiger partial charge in [0.1, 0.15) is 12.0 Å². The quantitative estimate of drug-likeness (QED) is 0.731. The van der Waals surface area contributed by atoms with Gasteiger partial charge in [0.05, 0.1) is 25.3 Å². The Bertz CT molecular complexity index is 357. The van der Waals surface area contributed by atoms with Crippen LogP contribution in [-0.2, 0) is 16.0 Å². The topological polar surface area (TPSA) is 77.9 Å².